The van der Waals surface area contributed by atoms with Crippen molar-refractivity contribution >= 4 is 33.6 Å². The molecule has 4 heteroatoms. The Kier molecular flexibility index (Phi) is 5.58. The molecule has 2 aromatic carbocycles. The summed E-state index contributed by atoms with van der Waals surface area (Å²) in [7, 11) is 0. The molecule has 2 rings (SSSR count). The monoisotopic (exact) mass is 345 g/mol. The normalized spacial score (nSPS) is 10.6. The van der Waals surface area contributed by atoms with Crippen molar-refractivity contribution in [3.05, 3.63) is 64.6 Å². The van der Waals surface area contributed by atoms with Gasteiger partial charge < -0.3 is 10.1 Å². The van der Waals surface area contributed by atoms with Gasteiger partial charge in [0.2, 0.25) is 5.91 Å². The van der Waals surface area contributed by atoms with Gasteiger partial charge in [0.1, 0.15) is 5.75 Å². The van der Waals surface area contributed by atoms with Crippen LogP contribution in [0.25, 0.3) is 6.08 Å². The molecule has 3 nitrogen and oxygen atoms in total. The van der Waals surface area contributed by atoms with Crippen LogP contribution in [0.3, 0.4) is 0 Å². The van der Waals surface area contributed by atoms with E-state index in [9.17, 15) is 4.79 Å². The van der Waals surface area contributed by atoms with E-state index in [1.54, 1.807) is 6.08 Å². The number of halogens is 1. The summed E-state index contributed by atoms with van der Waals surface area (Å²) in [6, 6.07) is 15.1. The van der Waals surface area contributed by atoms with Crippen LogP contribution in [0.2, 0.25) is 0 Å². The molecule has 0 radical (unpaired) electrons. The van der Waals surface area contributed by atoms with Crippen LogP contribution in [0.5, 0.6) is 5.75 Å². The SMILES string of the molecule is CCOc1ccccc1/C=C/C(=O)Nc1ccccc1Br. The Balaban J connectivity index is 2.07. The molecule has 1 amide bonds. The standard InChI is InChI=1S/C17H16BrNO2/c1-2-21-16-10-6-3-7-13(16)11-12-17(20)19-15-9-5-4-8-14(15)18/h3-12H,2H2,1H3,(H,19,20)/b12-11+. The number of ether oxygens (including phenoxy) is 1. The fraction of sp³-hybridized carbons (Fsp3) is 0.118. The van der Waals surface area contributed by atoms with E-state index in [4.69, 9.17) is 4.74 Å². The third-order valence-corrected chi connectivity index (χ3v) is 3.46. The van der Waals surface area contributed by atoms with E-state index in [-0.39, 0.29) is 5.91 Å². The van der Waals surface area contributed by atoms with E-state index in [0.29, 0.717) is 6.61 Å². The minimum atomic E-state index is -0.187. The lowest BCUT2D eigenvalue weighted by molar-refractivity contribution is -0.111. The van der Waals surface area contributed by atoms with Crippen molar-refractivity contribution in [3.8, 4) is 5.75 Å². The Morgan fingerprint density at radius 1 is 1.19 bits per heavy atom. The molecule has 0 aliphatic carbocycles. The third-order valence-electron chi connectivity index (χ3n) is 2.76. The third kappa shape index (κ3) is 4.46. The minimum absolute atomic E-state index is 0.187. The Morgan fingerprint density at radius 3 is 2.67 bits per heavy atom. The number of nitrogens with one attached hydrogen (secondary N) is 1. The molecule has 1 N–H and O–H groups in total. The van der Waals surface area contributed by atoms with Crippen LogP contribution in [0, 0.1) is 0 Å². The molecule has 0 unspecified atom stereocenters. The smallest absolute Gasteiger partial charge is 0.248 e. The molecule has 0 saturated carbocycles. The molecule has 0 aliphatic rings. The van der Waals surface area contributed by atoms with Crippen LogP contribution in [-0.4, -0.2) is 12.5 Å². The van der Waals surface area contributed by atoms with Gasteiger partial charge in [-0.15, -0.1) is 0 Å². The lowest BCUT2D eigenvalue weighted by atomic mass is 10.2. The largest absolute Gasteiger partial charge is 0.493 e. The Bertz CT molecular complexity index is 653. The van der Waals surface area contributed by atoms with Crippen molar-refractivity contribution < 1.29 is 9.53 Å². The highest BCUT2D eigenvalue weighted by Crippen LogP contribution is 2.22. The van der Waals surface area contributed by atoms with E-state index in [0.717, 1.165) is 21.5 Å². The van der Waals surface area contributed by atoms with E-state index >= 15 is 0 Å². The zero-order valence-electron chi connectivity index (χ0n) is 11.7. The molecule has 0 fully saturated rings. The first-order valence-corrected chi connectivity index (χ1v) is 7.45. The van der Waals surface area contributed by atoms with Gasteiger partial charge in [0.05, 0.1) is 12.3 Å². The average Bonchev–Trinajstić information content (AvgIpc) is 2.49. The maximum atomic E-state index is 11.9. The molecule has 0 heterocycles. The second kappa shape index (κ2) is 7.64. The number of hydrogen-bond donors (Lipinski definition) is 1. The highest BCUT2D eigenvalue weighted by Gasteiger charge is 2.03. The summed E-state index contributed by atoms with van der Waals surface area (Å²) in [5, 5.41) is 2.82. The van der Waals surface area contributed by atoms with E-state index in [1.165, 1.54) is 6.08 Å². The molecular formula is C17H16BrNO2. The number of anilines is 1. The van der Waals surface area contributed by atoms with Gasteiger partial charge in [0.15, 0.2) is 0 Å². The van der Waals surface area contributed by atoms with Gasteiger partial charge in [-0.2, -0.15) is 0 Å². The van der Waals surface area contributed by atoms with E-state index in [2.05, 4.69) is 21.2 Å². The number of rotatable bonds is 5. The highest BCUT2D eigenvalue weighted by molar-refractivity contribution is 9.10. The number of para-hydroxylation sites is 2. The molecule has 2 aromatic rings. The molecule has 0 aliphatic heterocycles. The van der Waals surface area contributed by atoms with E-state index < -0.39 is 0 Å². The number of benzene rings is 2. The van der Waals surface area contributed by atoms with Crippen LogP contribution in [-0.2, 0) is 4.79 Å². The Morgan fingerprint density at radius 2 is 1.90 bits per heavy atom. The quantitative estimate of drug-likeness (QED) is 0.810. The number of amides is 1. The molecule has 0 aromatic heterocycles. The zero-order chi connectivity index (χ0) is 15.1. The van der Waals surface area contributed by atoms with Crippen LogP contribution >= 0.6 is 15.9 Å². The second-order valence-corrected chi connectivity index (χ2v) is 5.13. The van der Waals surface area contributed by atoms with Crippen molar-refractivity contribution in [3.63, 3.8) is 0 Å². The summed E-state index contributed by atoms with van der Waals surface area (Å²) in [6.07, 6.45) is 3.24. The van der Waals surface area contributed by atoms with Crippen LogP contribution in [0.15, 0.2) is 59.1 Å². The summed E-state index contributed by atoms with van der Waals surface area (Å²) < 4.78 is 6.36. The van der Waals surface area contributed by atoms with Gasteiger partial charge in [0, 0.05) is 16.1 Å². The summed E-state index contributed by atoms with van der Waals surface area (Å²) in [5.41, 5.74) is 1.62. The first-order valence-electron chi connectivity index (χ1n) is 6.66. The zero-order valence-corrected chi connectivity index (χ0v) is 13.3. The first kappa shape index (κ1) is 15.3. The van der Waals surface area contributed by atoms with E-state index in [1.807, 2.05) is 55.5 Å². The maximum absolute atomic E-state index is 11.9. The van der Waals surface area contributed by atoms with Gasteiger partial charge >= 0.3 is 0 Å². The average molecular weight is 346 g/mol. The molecule has 21 heavy (non-hydrogen) atoms. The lowest BCUT2D eigenvalue weighted by Gasteiger charge is -2.07. The fourth-order valence-corrected chi connectivity index (χ4v) is 2.19. The number of hydrogen-bond acceptors (Lipinski definition) is 2. The number of carbonyl (C=O) groups is 1. The molecule has 0 spiro atoms. The Labute approximate surface area is 132 Å². The number of carbonyl (C=O) groups excluding carboxylic acids is 1. The Hall–Kier alpha value is -2.07. The maximum Gasteiger partial charge on any atom is 0.248 e. The topological polar surface area (TPSA) is 38.3 Å². The van der Waals surface area contributed by atoms with Gasteiger partial charge in [0.25, 0.3) is 0 Å². The van der Waals surface area contributed by atoms with Crippen LogP contribution < -0.4 is 10.1 Å². The van der Waals surface area contributed by atoms with Crippen molar-refractivity contribution in [2.45, 2.75) is 6.92 Å². The predicted molar refractivity (Wildman–Crippen MR) is 89.4 cm³/mol. The first-order chi connectivity index (χ1) is 10.2. The second-order valence-electron chi connectivity index (χ2n) is 4.27. The summed E-state index contributed by atoms with van der Waals surface area (Å²) in [4.78, 5) is 11.9. The summed E-state index contributed by atoms with van der Waals surface area (Å²) >= 11 is 3.39. The molecular weight excluding hydrogens is 330 g/mol. The fourth-order valence-electron chi connectivity index (χ4n) is 1.81. The lowest BCUT2D eigenvalue weighted by Crippen LogP contribution is -2.08. The van der Waals surface area contributed by atoms with Gasteiger partial charge in [-0.3, -0.25) is 4.79 Å². The van der Waals surface area contributed by atoms with Gasteiger partial charge in [-0.05, 0) is 47.1 Å². The van der Waals surface area contributed by atoms with Crippen molar-refractivity contribution in [1.29, 1.82) is 0 Å². The molecule has 0 atom stereocenters. The summed E-state index contributed by atoms with van der Waals surface area (Å²) in [5.74, 6) is 0.582. The predicted octanol–water partition coefficient (Wildman–Crippen LogP) is 4.50. The van der Waals surface area contributed by atoms with Gasteiger partial charge in [-0.1, -0.05) is 30.3 Å². The summed E-state index contributed by atoms with van der Waals surface area (Å²) in [6.45, 7) is 2.52. The highest BCUT2D eigenvalue weighted by atomic mass is 79.9. The molecule has 0 bridgehead atoms. The van der Waals surface area contributed by atoms with Crippen molar-refractivity contribution in [2.24, 2.45) is 0 Å². The minimum Gasteiger partial charge on any atom is -0.493 e. The van der Waals surface area contributed by atoms with Crippen molar-refractivity contribution in [2.75, 3.05) is 11.9 Å². The molecule has 0 saturated heterocycles. The van der Waals surface area contributed by atoms with Gasteiger partial charge in [-0.25, -0.2) is 0 Å². The van der Waals surface area contributed by atoms with Crippen LogP contribution in [0.4, 0.5) is 5.69 Å². The molecule has 108 valence electrons. The van der Waals surface area contributed by atoms with Crippen LogP contribution in [0.1, 0.15) is 12.5 Å². The van der Waals surface area contributed by atoms with Crippen molar-refractivity contribution in [1.82, 2.24) is 0 Å².